The van der Waals surface area contributed by atoms with Crippen LogP contribution < -0.4 is 0 Å². The van der Waals surface area contributed by atoms with E-state index in [0.29, 0.717) is 36.4 Å². The molecule has 1 aliphatic rings. The van der Waals surface area contributed by atoms with Crippen molar-refractivity contribution in [1.82, 2.24) is 0 Å². The van der Waals surface area contributed by atoms with Gasteiger partial charge in [-0.15, -0.1) is 0 Å². The number of hydrogen-bond acceptors (Lipinski definition) is 5. The maximum Gasteiger partial charge on any atom is 0.416 e. The number of nitrogens with zero attached hydrogens (tertiary/aromatic N) is 6. The Balaban J connectivity index is 2.24. The van der Waals surface area contributed by atoms with Crippen LogP contribution in [0.4, 0.5) is 45.2 Å². The molecule has 0 N–H and O–H groups in total. The fourth-order valence-corrected chi connectivity index (χ4v) is 4.72. The lowest BCUT2D eigenvalue weighted by Crippen LogP contribution is -2.06. The number of rotatable bonds is 3. The minimum Gasteiger partial charge on any atom is -0.238 e. The third-order valence-corrected chi connectivity index (χ3v) is 6.79. The highest BCUT2D eigenvalue weighted by atomic mass is 19.4. The van der Waals surface area contributed by atoms with Crippen molar-refractivity contribution in [3.05, 3.63) is 127 Å². The van der Waals surface area contributed by atoms with Crippen molar-refractivity contribution in [3.8, 4) is 30.3 Å². The number of alkyl halides is 9. The molecule has 4 rings (SSSR count). The largest absolute Gasteiger partial charge is 0.416 e. The first kappa shape index (κ1) is 34.1. The molecule has 0 unspecified atom stereocenters. The molecule has 1 aliphatic carbocycles. The smallest absolute Gasteiger partial charge is 0.238 e. The number of allylic oxidation sites excluding steroid dienone is 6. The molecule has 0 saturated heterocycles. The van der Waals surface area contributed by atoms with Gasteiger partial charge in [0.2, 0.25) is 0 Å². The van der Waals surface area contributed by atoms with E-state index in [0.717, 1.165) is 18.2 Å². The lowest BCUT2D eigenvalue weighted by atomic mass is 9.98. The van der Waals surface area contributed by atoms with Gasteiger partial charge < -0.3 is 0 Å². The SMILES string of the molecule is [C-]#[N+]c1cc(C(C#N)=C2C(=C(\C#N)c3cc(C#N)cc(C(F)(F)F)c3)/C2=C(\C#N)c2cc(C#N)cc(C(F)(F)F)c2)cc(C(F)(F)F)c1. The normalized spacial score (nSPS) is 15.8. The van der Waals surface area contributed by atoms with E-state index < -0.39 is 102 Å². The van der Waals surface area contributed by atoms with Crippen molar-refractivity contribution in [2.45, 2.75) is 18.5 Å². The van der Waals surface area contributed by atoms with Crippen molar-refractivity contribution < 1.29 is 39.5 Å². The summed E-state index contributed by atoms with van der Waals surface area (Å²) >= 11 is 0. The number of halogens is 9. The van der Waals surface area contributed by atoms with Gasteiger partial charge in [-0.05, 0) is 71.3 Å². The fraction of sp³-hybridized carbons (Fsp3) is 0.0909. The Morgan fingerprint density at radius 1 is 0.479 bits per heavy atom. The van der Waals surface area contributed by atoms with E-state index in [2.05, 4.69) is 4.85 Å². The molecule has 1 fully saturated rings. The molecule has 3 aromatic carbocycles. The Kier molecular flexibility index (Phi) is 8.65. The van der Waals surface area contributed by atoms with Crippen molar-refractivity contribution in [3.63, 3.8) is 0 Å². The van der Waals surface area contributed by atoms with Crippen LogP contribution in [0.2, 0.25) is 0 Å². The summed E-state index contributed by atoms with van der Waals surface area (Å²) in [5.41, 5.74) is -11.3. The third-order valence-electron chi connectivity index (χ3n) is 6.79. The summed E-state index contributed by atoms with van der Waals surface area (Å²) in [6.07, 6.45) is -15.1. The lowest BCUT2D eigenvalue weighted by Gasteiger charge is -2.10. The van der Waals surface area contributed by atoms with E-state index in [9.17, 15) is 65.8 Å². The van der Waals surface area contributed by atoms with Gasteiger partial charge in [-0.3, -0.25) is 0 Å². The summed E-state index contributed by atoms with van der Waals surface area (Å²) in [6.45, 7) is 7.20. The number of benzene rings is 3. The van der Waals surface area contributed by atoms with Crippen LogP contribution in [0, 0.1) is 63.2 Å². The number of nitriles is 5. The minimum absolute atomic E-state index is 0.456. The monoisotopic (exact) mass is 660 g/mol. The van der Waals surface area contributed by atoms with E-state index >= 15 is 0 Å². The maximum atomic E-state index is 13.7. The van der Waals surface area contributed by atoms with Crippen molar-refractivity contribution in [2.75, 3.05) is 0 Å². The Morgan fingerprint density at radius 3 is 1.06 bits per heavy atom. The lowest BCUT2D eigenvalue weighted by molar-refractivity contribution is -0.138. The molecule has 1 saturated carbocycles. The molecule has 0 aromatic heterocycles. The van der Waals surface area contributed by atoms with Crippen molar-refractivity contribution in [1.29, 1.82) is 26.3 Å². The first-order valence-electron chi connectivity index (χ1n) is 12.7. The molecular weight excluding hydrogens is 651 g/mol. The predicted molar refractivity (Wildman–Crippen MR) is 148 cm³/mol. The minimum atomic E-state index is -5.04. The van der Waals surface area contributed by atoms with Crippen LogP contribution in [-0.4, -0.2) is 0 Å². The van der Waals surface area contributed by atoms with Gasteiger partial charge in [0.15, 0.2) is 5.69 Å². The second-order valence-corrected chi connectivity index (χ2v) is 9.78. The van der Waals surface area contributed by atoms with Crippen LogP contribution in [0.5, 0.6) is 0 Å². The highest BCUT2D eigenvalue weighted by Crippen LogP contribution is 2.56. The van der Waals surface area contributed by atoms with Gasteiger partial charge in [0, 0.05) is 22.3 Å². The number of hydrogen-bond donors (Lipinski definition) is 0. The average molecular weight is 660 g/mol. The Morgan fingerprint density at radius 2 is 0.792 bits per heavy atom. The fourth-order valence-electron chi connectivity index (χ4n) is 4.72. The molecule has 3 aromatic rings. The molecule has 0 heterocycles. The quantitative estimate of drug-likeness (QED) is 0.157. The molecule has 15 heteroatoms. The summed E-state index contributed by atoms with van der Waals surface area (Å²) in [5.74, 6) is 0. The van der Waals surface area contributed by atoms with Gasteiger partial charge in [-0.25, -0.2) is 4.85 Å². The third kappa shape index (κ3) is 6.58. The Hall–Kier alpha value is -6.81. The van der Waals surface area contributed by atoms with E-state index in [1.165, 1.54) is 12.1 Å². The Bertz CT molecular complexity index is 1990. The zero-order valence-electron chi connectivity index (χ0n) is 23.3. The first-order chi connectivity index (χ1) is 22.4. The summed E-state index contributed by atoms with van der Waals surface area (Å²) in [7, 11) is 0. The molecule has 0 amide bonds. The molecule has 48 heavy (non-hydrogen) atoms. The second-order valence-electron chi connectivity index (χ2n) is 9.78. The molecule has 6 nitrogen and oxygen atoms in total. The highest BCUT2D eigenvalue weighted by molar-refractivity contribution is 6.12. The molecule has 0 aliphatic heterocycles. The predicted octanol–water partition coefficient (Wildman–Crippen LogP) is 9.28. The van der Waals surface area contributed by atoms with E-state index in [1.807, 2.05) is 0 Å². The van der Waals surface area contributed by atoms with E-state index in [-0.39, 0.29) is 0 Å². The van der Waals surface area contributed by atoms with Crippen LogP contribution in [0.25, 0.3) is 21.6 Å². The van der Waals surface area contributed by atoms with E-state index in [1.54, 1.807) is 18.2 Å². The summed E-state index contributed by atoms with van der Waals surface area (Å²) in [6, 6.07) is 13.1. The first-order valence-corrected chi connectivity index (χ1v) is 12.7. The average Bonchev–Trinajstić information content (AvgIpc) is 3.73. The summed E-state index contributed by atoms with van der Waals surface area (Å²) < 4.78 is 123. The van der Waals surface area contributed by atoms with Gasteiger partial charge in [-0.1, -0.05) is 0 Å². The van der Waals surface area contributed by atoms with Gasteiger partial charge in [0.25, 0.3) is 0 Å². The molecule has 0 spiro atoms. The van der Waals surface area contributed by atoms with Crippen LogP contribution >= 0.6 is 0 Å². The molecule has 0 bridgehead atoms. The van der Waals surface area contributed by atoms with Crippen molar-refractivity contribution in [2.24, 2.45) is 0 Å². The highest BCUT2D eigenvalue weighted by Gasteiger charge is 2.43. The summed E-state index contributed by atoms with van der Waals surface area (Å²) in [5, 5.41) is 49.1. The molecule has 234 valence electrons. The molecular formula is C33H9F9N6. The molecule has 0 atom stereocenters. The topological polar surface area (TPSA) is 123 Å². The molecule has 0 radical (unpaired) electrons. The zero-order valence-corrected chi connectivity index (χ0v) is 23.3. The second kappa shape index (κ2) is 12.2. The van der Waals surface area contributed by atoms with Gasteiger partial charge in [0.1, 0.15) is 18.2 Å². The van der Waals surface area contributed by atoms with E-state index in [4.69, 9.17) is 6.57 Å². The van der Waals surface area contributed by atoms with Crippen LogP contribution in [0.1, 0.15) is 44.5 Å². The zero-order chi connectivity index (χ0) is 35.8. The van der Waals surface area contributed by atoms with Crippen LogP contribution in [-0.2, 0) is 18.5 Å². The maximum absolute atomic E-state index is 13.7. The van der Waals surface area contributed by atoms with Crippen LogP contribution in [0.3, 0.4) is 0 Å². The van der Waals surface area contributed by atoms with Crippen molar-refractivity contribution >= 4 is 22.4 Å². The van der Waals surface area contributed by atoms with Gasteiger partial charge in [0.05, 0.1) is 57.7 Å². The van der Waals surface area contributed by atoms with Gasteiger partial charge >= 0.3 is 18.5 Å². The van der Waals surface area contributed by atoms with Gasteiger partial charge in [-0.2, -0.15) is 65.8 Å². The van der Waals surface area contributed by atoms with Crippen LogP contribution in [0.15, 0.2) is 71.3 Å². The summed E-state index contributed by atoms with van der Waals surface area (Å²) in [4.78, 5) is 2.96. The standard InChI is InChI=1S/C33H9F9N6/c1-48-24-9-20(8-23(10-24)33(40,41)42)27(15-47)30-28(25(13-45)18-2-16(11-43)4-21(6-18)31(34,35)36)29(30)26(14-46)19-3-17(12-44)5-22(7-19)32(37,38)39/h2-10H/b28-25-,29-26+,30-27?. The Labute approximate surface area is 264 Å².